The van der Waals surface area contributed by atoms with Crippen molar-refractivity contribution in [2.75, 3.05) is 17.7 Å². The molecule has 1 N–H and O–H groups in total. The Kier molecular flexibility index (Phi) is 8.42. The highest BCUT2D eigenvalue weighted by molar-refractivity contribution is 8.00. The van der Waals surface area contributed by atoms with Crippen LogP contribution in [-0.4, -0.2) is 23.3 Å². The number of alkyl halides is 3. The van der Waals surface area contributed by atoms with Crippen molar-refractivity contribution < 1.29 is 22.7 Å². The number of hydrogen-bond acceptors (Lipinski definition) is 5. The van der Waals surface area contributed by atoms with Crippen molar-refractivity contribution in [3.63, 3.8) is 0 Å². The number of amides is 1. The first-order chi connectivity index (χ1) is 16.2. The van der Waals surface area contributed by atoms with Gasteiger partial charge in [-0.2, -0.15) is 18.4 Å². The average molecular weight is 506 g/mol. The fourth-order valence-electron chi connectivity index (χ4n) is 2.91. The van der Waals surface area contributed by atoms with Gasteiger partial charge in [0, 0.05) is 16.3 Å². The first kappa shape index (κ1) is 25.4. The molecule has 0 fully saturated rings. The van der Waals surface area contributed by atoms with Crippen LogP contribution < -0.4 is 10.1 Å². The van der Waals surface area contributed by atoms with Crippen molar-refractivity contribution in [3.8, 4) is 23.1 Å². The van der Waals surface area contributed by atoms with Crippen molar-refractivity contribution in [2.24, 2.45) is 0 Å². The van der Waals surface area contributed by atoms with Crippen LogP contribution in [0.15, 0.2) is 59.6 Å². The molecule has 176 valence electrons. The Morgan fingerprint density at radius 2 is 1.85 bits per heavy atom. The van der Waals surface area contributed by atoms with Crippen molar-refractivity contribution in [2.45, 2.75) is 24.5 Å². The van der Waals surface area contributed by atoms with Gasteiger partial charge in [-0.05, 0) is 61.0 Å². The van der Waals surface area contributed by atoms with E-state index in [1.54, 1.807) is 54.6 Å². The summed E-state index contributed by atoms with van der Waals surface area (Å²) in [7, 11) is 0. The number of nitrogens with zero attached hydrogens (tertiary/aromatic N) is 2. The van der Waals surface area contributed by atoms with Gasteiger partial charge in [0.15, 0.2) is 0 Å². The van der Waals surface area contributed by atoms with E-state index in [1.165, 1.54) is 0 Å². The zero-order valence-corrected chi connectivity index (χ0v) is 19.5. The molecule has 3 rings (SSSR count). The van der Waals surface area contributed by atoms with Gasteiger partial charge in [-0.3, -0.25) is 4.79 Å². The fourth-order valence-corrected chi connectivity index (χ4v) is 3.84. The molecule has 0 aliphatic heterocycles. The van der Waals surface area contributed by atoms with E-state index in [1.807, 2.05) is 6.92 Å². The number of nitriles is 1. The average Bonchev–Trinajstić information content (AvgIpc) is 2.82. The van der Waals surface area contributed by atoms with Crippen molar-refractivity contribution in [1.29, 1.82) is 5.26 Å². The van der Waals surface area contributed by atoms with Gasteiger partial charge >= 0.3 is 6.18 Å². The van der Waals surface area contributed by atoms with Gasteiger partial charge in [0.05, 0.1) is 29.2 Å². The lowest BCUT2D eigenvalue weighted by Crippen LogP contribution is -2.15. The van der Waals surface area contributed by atoms with E-state index < -0.39 is 23.2 Å². The molecule has 0 aliphatic rings. The number of carbonyl (C=O) groups is 1. The second-order valence-corrected chi connectivity index (χ2v) is 8.46. The van der Waals surface area contributed by atoms with Crippen LogP contribution in [0.4, 0.5) is 18.9 Å². The second kappa shape index (κ2) is 11.3. The van der Waals surface area contributed by atoms with Gasteiger partial charge in [-0.25, -0.2) is 4.98 Å². The molecule has 34 heavy (non-hydrogen) atoms. The first-order valence-corrected chi connectivity index (χ1v) is 11.5. The van der Waals surface area contributed by atoms with E-state index in [9.17, 15) is 23.2 Å². The highest BCUT2D eigenvalue weighted by Gasteiger charge is 2.36. The van der Waals surface area contributed by atoms with Crippen LogP contribution in [0.5, 0.6) is 5.75 Å². The molecule has 10 heteroatoms. The predicted octanol–water partition coefficient (Wildman–Crippen LogP) is 6.81. The van der Waals surface area contributed by atoms with Crippen LogP contribution in [0.25, 0.3) is 11.3 Å². The maximum absolute atomic E-state index is 13.7. The number of ether oxygens (including phenoxy) is 1. The smallest absolute Gasteiger partial charge is 0.417 e. The Hall–Kier alpha value is -3.22. The normalized spacial score (nSPS) is 11.1. The number of hydrogen-bond donors (Lipinski definition) is 1. The lowest BCUT2D eigenvalue weighted by atomic mass is 10.1. The summed E-state index contributed by atoms with van der Waals surface area (Å²) in [5.74, 6) is -0.118. The summed E-state index contributed by atoms with van der Waals surface area (Å²) in [5.41, 5.74) is -0.783. The van der Waals surface area contributed by atoms with Crippen molar-refractivity contribution in [1.82, 2.24) is 4.98 Å². The van der Waals surface area contributed by atoms with Crippen LogP contribution in [0, 0.1) is 11.3 Å². The van der Waals surface area contributed by atoms with Gasteiger partial charge in [0.25, 0.3) is 0 Å². The molecule has 2 aromatic carbocycles. The third-order valence-corrected chi connectivity index (χ3v) is 5.72. The first-order valence-electron chi connectivity index (χ1n) is 10.1. The minimum Gasteiger partial charge on any atom is -0.494 e. The molecule has 0 bridgehead atoms. The number of pyridine rings is 1. The minimum absolute atomic E-state index is 0.0361. The SMILES string of the molecule is CCCOc1ccc(-c2cc(C(F)(F)F)c(C#N)c(SCC(=O)Nc3ccc(Cl)cc3)n2)cc1. The monoisotopic (exact) mass is 505 g/mol. The molecular weight excluding hydrogens is 487 g/mol. The molecule has 3 aromatic rings. The Labute approximate surface area is 203 Å². The zero-order valence-electron chi connectivity index (χ0n) is 17.9. The summed E-state index contributed by atoms with van der Waals surface area (Å²) < 4.78 is 46.7. The Balaban J connectivity index is 1.88. The van der Waals surface area contributed by atoms with E-state index >= 15 is 0 Å². The van der Waals surface area contributed by atoms with Crippen LogP contribution >= 0.6 is 23.4 Å². The molecule has 1 amide bonds. The van der Waals surface area contributed by atoms with Crippen LogP contribution in [-0.2, 0) is 11.0 Å². The highest BCUT2D eigenvalue weighted by Crippen LogP contribution is 2.38. The highest BCUT2D eigenvalue weighted by atomic mass is 35.5. The molecule has 0 saturated heterocycles. The Morgan fingerprint density at radius 1 is 1.18 bits per heavy atom. The number of benzene rings is 2. The summed E-state index contributed by atoms with van der Waals surface area (Å²) in [4.78, 5) is 16.6. The largest absolute Gasteiger partial charge is 0.494 e. The van der Waals surface area contributed by atoms with E-state index in [4.69, 9.17) is 16.3 Å². The van der Waals surface area contributed by atoms with E-state index in [2.05, 4.69) is 10.3 Å². The molecule has 0 saturated carbocycles. The molecule has 0 unspecified atom stereocenters. The van der Waals surface area contributed by atoms with Gasteiger partial charge in [0.1, 0.15) is 16.8 Å². The lowest BCUT2D eigenvalue weighted by Gasteiger charge is -2.14. The summed E-state index contributed by atoms with van der Waals surface area (Å²) in [6.45, 7) is 2.48. The number of nitrogens with one attached hydrogen (secondary N) is 1. The number of halogens is 4. The molecule has 0 atom stereocenters. The van der Waals surface area contributed by atoms with Gasteiger partial charge < -0.3 is 10.1 Å². The standard InChI is InChI=1S/C24H19ClF3N3O2S/c1-2-11-33-18-9-3-15(4-10-18)21-12-20(24(26,27)28)19(13-29)23(31-21)34-14-22(32)30-17-7-5-16(25)6-8-17/h3-10,12H,2,11,14H2,1H3,(H,30,32). The molecule has 5 nitrogen and oxygen atoms in total. The maximum atomic E-state index is 13.7. The third-order valence-electron chi connectivity index (χ3n) is 4.49. The zero-order chi connectivity index (χ0) is 24.7. The second-order valence-electron chi connectivity index (χ2n) is 7.06. The van der Waals surface area contributed by atoms with Crippen molar-refractivity contribution in [3.05, 3.63) is 70.7 Å². The van der Waals surface area contributed by atoms with Crippen molar-refractivity contribution >= 4 is 35.0 Å². The van der Waals surface area contributed by atoms with Gasteiger partial charge in [0.2, 0.25) is 5.91 Å². The van der Waals surface area contributed by atoms with Crippen LogP contribution in [0.2, 0.25) is 5.02 Å². The molecule has 0 spiro atoms. The number of carbonyl (C=O) groups excluding carboxylic acids is 1. The van der Waals surface area contributed by atoms with Gasteiger partial charge in [-0.1, -0.05) is 30.3 Å². The maximum Gasteiger partial charge on any atom is 0.417 e. The third kappa shape index (κ3) is 6.65. The molecule has 0 radical (unpaired) electrons. The van der Waals surface area contributed by atoms with Crippen LogP contribution in [0.1, 0.15) is 24.5 Å². The summed E-state index contributed by atoms with van der Waals surface area (Å²) in [6.07, 6.45) is -3.95. The number of rotatable bonds is 8. The number of aromatic nitrogens is 1. The van der Waals surface area contributed by atoms with E-state index in [0.717, 1.165) is 24.2 Å². The lowest BCUT2D eigenvalue weighted by molar-refractivity contribution is -0.138. The fraction of sp³-hybridized carbons (Fsp3) is 0.208. The predicted molar refractivity (Wildman–Crippen MR) is 126 cm³/mol. The Bertz CT molecular complexity index is 1190. The Morgan fingerprint density at radius 3 is 2.44 bits per heavy atom. The van der Waals surface area contributed by atoms with E-state index in [0.29, 0.717) is 28.6 Å². The number of anilines is 1. The number of thioether (sulfide) groups is 1. The molecule has 1 heterocycles. The summed E-state index contributed by atoms with van der Waals surface area (Å²) in [6, 6.07) is 15.3. The van der Waals surface area contributed by atoms with Gasteiger partial charge in [-0.15, -0.1) is 0 Å². The summed E-state index contributed by atoms with van der Waals surface area (Å²) >= 11 is 6.58. The van der Waals surface area contributed by atoms with E-state index in [-0.39, 0.29) is 16.5 Å². The topological polar surface area (TPSA) is 75.0 Å². The molecular formula is C24H19ClF3N3O2S. The van der Waals surface area contributed by atoms with Crippen LogP contribution in [0.3, 0.4) is 0 Å². The summed E-state index contributed by atoms with van der Waals surface area (Å²) in [5, 5.41) is 12.4. The minimum atomic E-state index is -4.77. The molecule has 0 aliphatic carbocycles. The quantitative estimate of drug-likeness (QED) is 0.340. The molecule has 1 aromatic heterocycles.